The van der Waals surface area contributed by atoms with Crippen LogP contribution in [0.15, 0.2) is 0 Å². The van der Waals surface area contributed by atoms with Crippen molar-refractivity contribution in [3.05, 3.63) is 14.9 Å². The van der Waals surface area contributed by atoms with Crippen molar-refractivity contribution in [3.8, 4) is 0 Å². The van der Waals surface area contributed by atoms with Crippen LogP contribution in [0.1, 0.15) is 6.42 Å². The van der Waals surface area contributed by atoms with Gasteiger partial charge in [0, 0.05) is 0 Å². The molecule has 0 N–H and O–H groups in total. The molecule has 2 radical (unpaired) electrons. The van der Waals surface area contributed by atoms with Crippen molar-refractivity contribution in [2.75, 3.05) is 12.3 Å². The van der Waals surface area contributed by atoms with Gasteiger partial charge in [0.15, 0.2) is 0 Å². The van der Waals surface area contributed by atoms with Gasteiger partial charge in [-0.05, 0) is 0 Å². The second-order valence-electron chi connectivity index (χ2n) is 1.41. The van der Waals surface area contributed by atoms with Crippen LogP contribution in [0.2, 0.25) is 0 Å². The largest absolute Gasteiger partial charge is 2.00 e. The Bertz CT molecular complexity index is 84.6. The molecule has 0 saturated heterocycles. The maximum atomic E-state index is 9.65. The minimum absolute atomic E-state index is 0. The molecule has 0 bridgehead atoms. The summed E-state index contributed by atoms with van der Waals surface area (Å²) in [7, 11) is 0.590. The van der Waals surface area contributed by atoms with E-state index >= 15 is 0 Å². The molecule has 0 aromatic heterocycles. The van der Waals surface area contributed by atoms with Gasteiger partial charge in [-0.1, -0.05) is 18.7 Å². The first-order valence-corrected chi connectivity index (χ1v) is 5.03. The molecular weight excluding hydrogens is 280 g/mol. The molecule has 2 atom stereocenters. The number of hydrogen-bond donors (Lipinski definition) is 0. The van der Waals surface area contributed by atoms with E-state index in [1.807, 2.05) is 12.1 Å². The summed E-state index contributed by atoms with van der Waals surface area (Å²) in [6.07, 6.45) is 2.73. The third-order valence-electron chi connectivity index (χ3n) is 0.748. The predicted molar refractivity (Wildman–Crippen MR) is 55.2 cm³/mol. The maximum absolute atomic E-state index is 9.65. The van der Waals surface area contributed by atoms with E-state index in [4.69, 9.17) is 0 Å². The number of hydrogen-bond acceptors (Lipinski definition) is 2. The molecule has 2 unspecified atom stereocenters. The van der Waals surface area contributed by atoms with Gasteiger partial charge in [-0.25, -0.2) is 12.1 Å². The fraction of sp³-hybridized carbons (Fsp3) is 0.429. The van der Waals surface area contributed by atoms with E-state index in [9.17, 15) is 9.59 Å². The van der Waals surface area contributed by atoms with E-state index in [2.05, 4.69) is 0 Å². The average molecular weight is 294 g/mol. The van der Waals surface area contributed by atoms with Crippen molar-refractivity contribution in [2.24, 2.45) is 0 Å². The summed E-state index contributed by atoms with van der Waals surface area (Å²) in [5.74, 6) is 0. The quantitative estimate of drug-likeness (QED) is 0.425. The van der Waals surface area contributed by atoms with E-state index < -0.39 is 0 Å². The summed E-state index contributed by atoms with van der Waals surface area (Å²) in [5.41, 5.74) is 0. The van der Waals surface area contributed by atoms with Crippen LogP contribution in [0.25, 0.3) is 0 Å². The molecule has 0 heterocycles. The second kappa shape index (κ2) is 29.2. The molecule has 0 amide bonds. The predicted octanol–water partition coefficient (Wildman–Crippen LogP) is 1.76. The van der Waals surface area contributed by atoms with Gasteiger partial charge < -0.3 is 24.4 Å². The summed E-state index contributed by atoms with van der Waals surface area (Å²) >= 11 is 0. The molecule has 0 aromatic rings. The summed E-state index contributed by atoms with van der Waals surface area (Å²) in [5, 5.41) is 0. The molecule has 0 rings (SSSR count). The van der Waals surface area contributed by atoms with Gasteiger partial charge in [0.05, 0.1) is 0 Å². The van der Waals surface area contributed by atoms with E-state index in [-0.39, 0.29) is 52.0 Å². The van der Waals surface area contributed by atoms with Crippen molar-refractivity contribution in [3.63, 3.8) is 0 Å². The Labute approximate surface area is 109 Å². The summed E-state index contributed by atoms with van der Waals surface area (Å²) < 4.78 is 0. The van der Waals surface area contributed by atoms with E-state index in [1.165, 1.54) is 0 Å². The number of carbonyl (C=O) groups excluding carboxylic acids is 2. The van der Waals surface area contributed by atoms with Gasteiger partial charge in [-0.2, -0.15) is 0 Å². The van der Waals surface area contributed by atoms with Crippen LogP contribution >= 0.6 is 17.2 Å². The summed E-state index contributed by atoms with van der Waals surface area (Å²) in [6, 6.07) is 3.65. The van der Waals surface area contributed by atoms with Gasteiger partial charge >= 0.3 is 37.1 Å². The molecule has 6 heteroatoms. The topological polar surface area (TPSA) is 34.1 Å². The number of rotatable bonds is 6. The first kappa shape index (κ1) is 29.3. The van der Waals surface area contributed by atoms with E-state index in [0.717, 1.165) is 18.7 Å². The average Bonchev–Trinajstić information content (AvgIpc) is 1.89. The molecule has 0 aliphatic carbocycles. The Hall–Kier alpha value is 1.37. The molecule has 13 heavy (non-hydrogen) atoms. The van der Waals surface area contributed by atoms with Gasteiger partial charge in [0.25, 0.3) is 0 Å². The van der Waals surface area contributed by atoms with Crippen LogP contribution in [0.5, 0.6) is 0 Å². The molecule has 0 aromatic carbocycles. The van der Waals surface area contributed by atoms with Crippen LogP contribution < -0.4 is 0 Å². The molecule has 74 valence electrons. The van der Waals surface area contributed by atoms with Crippen molar-refractivity contribution < 1.29 is 46.7 Å². The molecule has 0 aliphatic heterocycles. The zero-order valence-electron chi connectivity index (χ0n) is 7.83. The Balaban J connectivity index is -0.0000000533. The normalized spacial score (nSPS) is 8.00. The molecule has 0 aliphatic rings. The van der Waals surface area contributed by atoms with Gasteiger partial charge in [0.2, 0.25) is 0 Å². The van der Waals surface area contributed by atoms with E-state index in [0.29, 0.717) is 17.2 Å². The van der Waals surface area contributed by atoms with Crippen LogP contribution in [0.3, 0.4) is 0 Å². The fourth-order valence-corrected chi connectivity index (χ4v) is 1.63. The Kier molecular flexibility index (Phi) is 65.7. The van der Waals surface area contributed by atoms with Crippen LogP contribution in [-0.2, 0) is 46.7 Å². The Morgan fingerprint density at radius 1 is 0.846 bits per heavy atom. The third kappa shape index (κ3) is 31.8. The molecule has 2 nitrogen and oxygen atoms in total. The van der Waals surface area contributed by atoms with E-state index in [1.54, 1.807) is 0 Å². The smallest absolute Gasteiger partial charge is 0.537 e. The SMILES string of the molecule is O=[C-]PCCCP[C-]=O.[CH3-].[CH3-].[V+2].[V+2]. The van der Waals surface area contributed by atoms with Crippen LogP contribution in [-0.4, -0.2) is 24.4 Å². The van der Waals surface area contributed by atoms with Gasteiger partial charge in [0.1, 0.15) is 0 Å². The zero-order valence-corrected chi connectivity index (χ0v) is 12.6. The molecule has 0 fully saturated rings. The van der Waals surface area contributed by atoms with Crippen LogP contribution in [0, 0.1) is 14.9 Å². The third-order valence-corrected chi connectivity index (χ3v) is 2.24. The standard InChI is InChI=1S/C5H8O2P2.2CH3.2V/c6-4-8-2-1-3-9-5-7;;;;/h8-9H,1-3H2;2*1H3;;/q-2;2*-1;2*+2. The van der Waals surface area contributed by atoms with Crippen molar-refractivity contribution in [1.82, 2.24) is 0 Å². The van der Waals surface area contributed by atoms with Crippen molar-refractivity contribution in [2.45, 2.75) is 6.42 Å². The fourth-order valence-electron chi connectivity index (χ4n) is 0.367. The molecule has 0 saturated carbocycles. The Morgan fingerprint density at radius 3 is 1.38 bits per heavy atom. The van der Waals surface area contributed by atoms with Gasteiger partial charge in [-0.15, -0.1) is 0 Å². The first-order valence-electron chi connectivity index (χ1n) is 2.62. The minimum Gasteiger partial charge on any atom is -0.537 e. The molecule has 0 spiro atoms. The van der Waals surface area contributed by atoms with Crippen LogP contribution in [0.4, 0.5) is 0 Å². The van der Waals surface area contributed by atoms with Crippen molar-refractivity contribution in [1.29, 1.82) is 0 Å². The maximum Gasteiger partial charge on any atom is 2.00 e. The second-order valence-corrected chi connectivity index (χ2v) is 3.53. The summed E-state index contributed by atoms with van der Waals surface area (Å²) in [6.45, 7) is 0. The first-order chi connectivity index (χ1) is 4.41. The zero-order chi connectivity index (χ0) is 6.95. The van der Waals surface area contributed by atoms with Gasteiger partial charge in [-0.3, -0.25) is 17.2 Å². The minimum atomic E-state index is 0. The molecular formula is C7H14O2P2V2. The summed E-state index contributed by atoms with van der Waals surface area (Å²) in [4.78, 5) is 19.3. The Morgan fingerprint density at radius 2 is 1.15 bits per heavy atom. The van der Waals surface area contributed by atoms with Crippen molar-refractivity contribution >= 4 is 29.2 Å². The monoisotopic (exact) mass is 294 g/mol.